The van der Waals surface area contributed by atoms with Gasteiger partial charge in [-0.05, 0) is 5.56 Å². The van der Waals surface area contributed by atoms with Gasteiger partial charge >= 0.3 is 0 Å². The van der Waals surface area contributed by atoms with Crippen LogP contribution in [0.15, 0.2) is 34.9 Å². The summed E-state index contributed by atoms with van der Waals surface area (Å²) in [7, 11) is 0. The lowest BCUT2D eigenvalue weighted by atomic mass is 10.1. The van der Waals surface area contributed by atoms with Crippen molar-refractivity contribution in [3.63, 3.8) is 0 Å². The summed E-state index contributed by atoms with van der Waals surface area (Å²) in [4.78, 5) is 4.09. The highest BCUT2D eigenvalue weighted by atomic mass is 16.5. The van der Waals surface area contributed by atoms with Gasteiger partial charge in [-0.25, -0.2) is 0 Å². The minimum atomic E-state index is -0.116. The summed E-state index contributed by atoms with van der Waals surface area (Å²) in [5, 5.41) is 16.3. The van der Waals surface area contributed by atoms with Crippen LogP contribution in [0.4, 0.5) is 0 Å². The zero-order valence-electron chi connectivity index (χ0n) is 9.63. The largest absolute Gasteiger partial charge is 0.394 e. The summed E-state index contributed by atoms with van der Waals surface area (Å²) in [5.41, 5.74) is 1.04. The van der Waals surface area contributed by atoms with E-state index in [-0.39, 0.29) is 12.6 Å². The molecule has 1 heterocycles. The maximum Gasteiger partial charge on any atom is 0.223 e. The smallest absolute Gasteiger partial charge is 0.223 e. The molecule has 0 aliphatic carbocycles. The van der Waals surface area contributed by atoms with E-state index in [0.717, 1.165) is 5.56 Å². The van der Waals surface area contributed by atoms with Crippen molar-refractivity contribution >= 4 is 0 Å². The van der Waals surface area contributed by atoms with Crippen LogP contribution in [-0.2, 0) is 6.54 Å². The lowest BCUT2D eigenvalue weighted by molar-refractivity contribution is 0.242. The first-order valence-corrected chi connectivity index (χ1v) is 5.48. The second-order valence-electron chi connectivity index (χ2n) is 3.76. The van der Waals surface area contributed by atoms with Crippen LogP contribution in [-0.4, -0.2) is 21.9 Å². The van der Waals surface area contributed by atoms with E-state index in [4.69, 9.17) is 4.52 Å². The molecule has 17 heavy (non-hydrogen) atoms. The summed E-state index contributed by atoms with van der Waals surface area (Å²) in [6.07, 6.45) is 0. The molecule has 1 aromatic heterocycles. The van der Waals surface area contributed by atoms with Gasteiger partial charge in [0.2, 0.25) is 5.89 Å². The van der Waals surface area contributed by atoms with Gasteiger partial charge in [0.05, 0.1) is 19.2 Å². The molecule has 0 bridgehead atoms. The molecule has 2 aromatic rings. The second-order valence-corrected chi connectivity index (χ2v) is 3.76. The van der Waals surface area contributed by atoms with Gasteiger partial charge in [0.1, 0.15) is 0 Å². The van der Waals surface area contributed by atoms with Crippen LogP contribution in [0.1, 0.15) is 23.3 Å². The maximum absolute atomic E-state index is 9.34. The predicted octanol–water partition coefficient (Wildman–Crippen LogP) is 1.20. The van der Waals surface area contributed by atoms with E-state index in [2.05, 4.69) is 15.5 Å². The Balaban J connectivity index is 1.97. The highest BCUT2D eigenvalue weighted by molar-refractivity contribution is 5.18. The topological polar surface area (TPSA) is 71.2 Å². The summed E-state index contributed by atoms with van der Waals surface area (Å²) >= 11 is 0. The van der Waals surface area contributed by atoms with E-state index in [9.17, 15) is 5.11 Å². The molecule has 0 saturated heterocycles. The van der Waals surface area contributed by atoms with E-state index in [1.54, 1.807) is 6.92 Å². The average molecular weight is 233 g/mol. The first-order chi connectivity index (χ1) is 8.29. The molecule has 1 atom stereocenters. The predicted molar refractivity (Wildman–Crippen MR) is 62.1 cm³/mol. The lowest BCUT2D eigenvalue weighted by Gasteiger charge is -2.15. The van der Waals surface area contributed by atoms with Crippen LogP contribution in [0.2, 0.25) is 0 Å². The summed E-state index contributed by atoms with van der Waals surface area (Å²) in [6.45, 7) is 2.25. The Bertz CT molecular complexity index is 456. The van der Waals surface area contributed by atoms with E-state index >= 15 is 0 Å². The number of aryl methyl sites for hydroxylation is 1. The van der Waals surface area contributed by atoms with Crippen molar-refractivity contribution in [3.05, 3.63) is 47.6 Å². The van der Waals surface area contributed by atoms with Crippen molar-refractivity contribution in [2.75, 3.05) is 6.61 Å². The van der Waals surface area contributed by atoms with Gasteiger partial charge in [0, 0.05) is 6.92 Å². The van der Waals surface area contributed by atoms with Crippen molar-refractivity contribution in [3.8, 4) is 0 Å². The number of benzene rings is 1. The molecule has 0 radical (unpaired) electrons. The van der Waals surface area contributed by atoms with Crippen LogP contribution in [0.25, 0.3) is 0 Å². The molecule has 5 nitrogen and oxygen atoms in total. The Morgan fingerprint density at radius 2 is 2.12 bits per heavy atom. The second kappa shape index (κ2) is 5.56. The number of aliphatic hydroxyl groups is 1. The van der Waals surface area contributed by atoms with E-state index in [1.807, 2.05) is 30.3 Å². The molecule has 0 unspecified atom stereocenters. The molecule has 0 amide bonds. The van der Waals surface area contributed by atoms with Crippen molar-refractivity contribution < 1.29 is 9.63 Å². The van der Waals surface area contributed by atoms with Crippen molar-refractivity contribution in [2.45, 2.75) is 19.5 Å². The number of nitrogens with one attached hydrogen (secondary N) is 1. The Kier molecular flexibility index (Phi) is 3.85. The molecule has 2 rings (SSSR count). The summed E-state index contributed by atoms with van der Waals surface area (Å²) in [5.74, 6) is 1.14. The zero-order chi connectivity index (χ0) is 12.1. The molecule has 0 saturated carbocycles. The molecule has 0 aliphatic heterocycles. The van der Waals surface area contributed by atoms with Crippen molar-refractivity contribution in [1.82, 2.24) is 15.5 Å². The summed E-state index contributed by atoms with van der Waals surface area (Å²) in [6, 6.07) is 9.65. The van der Waals surface area contributed by atoms with Crippen LogP contribution >= 0.6 is 0 Å². The molecular weight excluding hydrogens is 218 g/mol. The average Bonchev–Trinajstić information content (AvgIpc) is 2.77. The molecule has 0 spiro atoms. The third-order valence-electron chi connectivity index (χ3n) is 2.46. The van der Waals surface area contributed by atoms with Gasteiger partial charge in [-0.15, -0.1) is 0 Å². The quantitative estimate of drug-likeness (QED) is 0.812. The molecule has 0 fully saturated rings. The highest BCUT2D eigenvalue weighted by Gasteiger charge is 2.10. The van der Waals surface area contributed by atoms with Crippen LogP contribution in [0.3, 0.4) is 0 Å². The fourth-order valence-corrected chi connectivity index (χ4v) is 1.60. The normalized spacial score (nSPS) is 12.6. The Morgan fingerprint density at radius 3 is 2.71 bits per heavy atom. The van der Waals surface area contributed by atoms with E-state index in [0.29, 0.717) is 18.3 Å². The molecular formula is C12H15N3O2. The van der Waals surface area contributed by atoms with E-state index < -0.39 is 0 Å². The number of aromatic nitrogens is 2. The van der Waals surface area contributed by atoms with Crippen molar-refractivity contribution in [2.24, 2.45) is 0 Å². The number of hydrogen-bond acceptors (Lipinski definition) is 5. The number of nitrogens with zero attached hydrogens (tertiary/aromatic N) is 2. The minimum absolute atomic E-state index is 0.0286. The first-order valence-electron chi connectivity index (χ1n) is 5.48. The minimum Gasteiger partial charge on any atom is -0.394 e. The molecule has 2 N–H and O–H groups in total. The summed E-state index contributed by atoms with van der Waals surface area (Å²) < 4.78 is 4.87. The van der Waals surface area contributed by atoms with E-state index in [1.165, 1.54) is 0 Å². The van der Waals surface area contributed by atoms with Crippen LogP contribution < -0.4 is 5.32 Å². The van der Waals surface area contributed by atoms with Crippen LogP contribution in [0.5, 0.6) is 0 Å². The fourth-order valence-electron chi connectivity index (χ4n) is 1.60. The Hall–Kier alpha value is -1.72. The Labute approximate surface area is 99.5 Å². The highest BCUT2D eigenvalue weighted by Crippen LogP contribution is 2.11. The molecule has 1 aromatic carbocycles. The molecule has 0 aliphatic rings. The first kappa shape index (κ1) is 11.8. The maximum atomic E-state index is 9.34. The van der Waals surface area contributed by atoms with Gasteiger partial charge in [0.25, 0.3) is 0 Å². The monoisotopic (exact) mass is 233 g/mol. The van der Waals surface area contributed by atoms with Gasteiger partial charge in [-0.2, -0.15) is 4.98 Å². The fraction of sp³-hybridized carbons (Fsp3) is 0.333. The van der Waals surface area contributed by atoms with Gasteiger partial charge in [-0.3, -0.25) is 0 Å². The zero-order valence-corrected chi connectivity index (χ0v) is 9.63. The van der Waals surface area contributed by atoms with Gasteiger partial charge < -0.3 is 14.9 Å². The molecule has 90 valence electrons. The standard InChI is InChI=1S/C12H15N3O2/c1-9-14-12(15-17-9)7-13-11(8-16)10-5-3-2-4-6-10/h2-6,11,13,16H,7-8H2,1H3/t11-/m1/s1. The van der Waals surface area contributed by atoms with Crippen molar-refractivity contribution in [1.29, 1.82) is 0 Å². The Morgan fingerprint density at radius 1 is 1.35 bits per heavy atom. The van der Waals surface area contributed by atoms with Gasteiger partial charge in [0.15, 0.2) is 5.82 Å². The van der Waals surface area contributed by atoms with Gasteiger partial charge in [-0.1, -0.05) is 35.5 Å². The number of aliphatic hydroxyl groups excluding tert-OH is 1. The lowest BCUT2D eigenvalue weighted by Crippen LogP contribution is -2.24. The number of hydrogen-bond donors (Lipinski definition) is 2. The third kappa shape index (κ3) is 3.12. The SMILES string of the molecule is Cc1nc(CN[C@H](CO)c2ccccc2)no1. The van der Waals surface area contributed by atoms with Crippen LogP contribution in [0, 0.1) is 6.92 Å². The number of rotatable bonds is 5. The third-order valence-corrected chi connectivity index (χ3v) is 2.46. The molecule has 5 heteroatoms.